The van der Waals surface area contributed by atoms with E-state index in [1.807, 2.05) is 39.0 Å². The lowest BCUT2D eigenvalue weighted by Gasteiger charge is -2.35. The maximum absolute atomic E-state index is 10.1. The molecule has 0 saturated carbocycles. The van der Waals surface area contributed by atoms with Gasteiger partial charge in [-0.15, -0.1) is 0 Å². The molecule has 4 heteroatoms. The highest BCUT2D eigenvalue weighted by molar-refractivity contribution is 5.43. The largest absolute Gasteiger partial charge is 0.488 e. The summed E-state index contributed by atoms with van der Waals surface area (Å²) >= 11 is 0. The van der Waals surface area contributed by atoms with Gasteiger partial charge in [-0.3, -0.25) is 0 Å². The van der Waals surface area contributed by atoms with Gasteiger partial charge in [0.05, 0.1) is 12.7 Å². The summed E-state index contributed by atoms with van der Waals surface area (Å²) < 4.78 is 16.7. The van der Waals surface area contributed by atoms with Gasteiger partial charge in [0.1, 0.15) is 23.2 Å². The van der Waals surface area contributed by atoms with E-state index in [-0.39, 0.29) is 11.7 Å². The molecule has 1 aromatic rings. The summed E-state index contributed by atoms with van der Waals surface area (Å²) in [6.07, 6.45) is 0.0917. The molecular formula is C15H22O4. The predicted octanol–water partition coefficient (Wildman–Crippen LogP) is 2.69. The van der Waals surface area contributed by atoms with E-state index in [4.69, 9.17) is 14.2 Å². The third-order valence-corrected chi connectivity index (χ3v) is 3.15. The molecule has 2 atom stereocenters. The van der Waals surface area contributed by atoms with Crippen LogP contribution in [-0.2, 0) is 4.74 Å². The van der Waals surface area contributed by atoms with Crippen LogP contribution in [0.15, 0.2) is 18.2 Å². The summed E-state index contributed by atoms with van der Waals surface area (Å²) in [6.45, 7) is 6.43. The highest BCUT2D eigenvalue weighted by Crippen LogP contribution is 2.41. The van der Waals surface area contributed by atoms with Crippen LogP contribution in [0.2, 0.25) is 0 Å². The van der Waals surface area contributed by atoms with Crippen molar-refractivity contribution < 1.29 is 19.3 Å². The fraction of sp³-hybridized carbons (Fsp3) is 0.600. The summed E-state index contributed by atoms with van der Waals surface area (Å²) in [5, 5.41) is 10.1. The Balaban J connectivity index is 2.18. The molecule has 1 aliphatic rings. The minimum absolute atomic E-state index is 0.0235. The maximum Gasteiger partial charge on any atom is 0.129 e. The number of benzene rings is 1. The fourth-order valence-corrected chi connectivity index (χ4v) is 2.37. The number of methoxy groups -OCH3 is 1. The van der Waals surface area contributed by atoms with E-state index in [0.717, 1.165) is 11.3 Å². The topological polar surface area (TPSA) is 47.9 Å². The highest BCUT2D eigenvalue weighted by atomic mass is 16.5. The molecule has 2 rings (SSSR count). The quantitative estimate of drug-likeness (QED) is 0.910. The molecule has 0 fully saturated rings. The third-order valence-electron chi connectivity index (χ3n) is 3.15. The zero-order valence-corrected chi connectivity index (χ0v) is 12.0. The van der Waals surface area contributed by atoms with Gasteiger partial charge in [-0.25, -0.2) is 0 Å². The van der Waals surface area contributed by atoms with E-state index in [9.17, 15) is 5.11 Å². The molecule has 1 heterocycles. The molecule has 4 nitrogen and oxygen atoms in total. The second-order valence-electron chi connectivity index (χ2n) is 5.67. The molecule has 0 radical (unpaired) electrons. The third kappa shape index (κ3) is 3.39. The van der Waals surface area contributed by atoms with Crippen LogP contribution >= 0.6 is 0 Å². The number of aliphatic hydroxyl groups excluding tert-OH is 1. The van der Waals surface area contributed by atoms with Gasteiger partial charge in [0, 0.05) is 25.2 Å². The van der Waals surface area contributed by atoms with Gasteiger partial charge in [0.15, 0.2) is 0 Å². The van der Waals surface area contributed by atoms with E-state index in [2.05, 4.69) is 0 Å². The first-order valence-electron chi connectivity index (χ1n) is 6.58. The van der Waals surface area contributed by atoms with Crippen LogP contribution in [0.5, 0.6) is 11.5 Å². The molecule has 1 N–H and O–H groups in total. The number of aliphatic hydroxyl groups is 1. The Kier molecular flexibility index (Phi) is 4.02. The number of hydrogen-bond donors (Lipinski definition) is 1. The summed E-state index contributed by atoms with van der Waals surface area (Å²) in [6, 6.07) is 5.56. The maximum atomic E-state index is 10.1. The van der Waals surface area contributed by atoms with Gasteiger partial charge in [-0.2, -0.15) is 0 Å². The molecule has 0 aliphatic carbocycles. The summed E-state index contributed by atoms with van der Waals surface area (Å²) in [5.41, 5.74) is 0.467. The first-order chi connectivity index (χ1) is 8.91. The second-order valence-corrected chi connectivity index (χ2v) is 5.67. The van der Waals surface area contributed by atoms with Gasteiger partial charge in [-0.1, -0.05) is 0 Å². The smallest absolute Gasteiger partial charge is 0.129 e. The van der Waals surface area contributed by atoms with Crippen LogP contribution in [0.3, 0.4) is 0 Å². The van der Waals surface area contributed by atoms with Crippen LogP contribution in [-0.4, -0.2) is 30.5 Å². The molecule has 1 aliphatic heterocycles. The van der Waals surface area contributed by atoms with Crippen molar-refractivity contribution in [2.45, 2.75) is 45.0 Å². The van der Waals surface area contributed by atoms with Crippen LogP contribution in [0, 0.1) is 0 Å². The van der Waals surface area contributed by atoms with Crippen molar-refractivity contribution in [3.05, 3.63) is 23.8 Å². The van der Waals surface area contributed by atoms with Gasteiger partial charge >= 0.3 is 0 Å². The first-order valence-corrected chi connectivity index (χ1v) is 6.58. The van der Waals surface area contributed by atoms with E-state index >= 15 is 0 Å². The number of rotatable bonds is 4. The van der Waals surface area contributed by atoms with Gasteiger partial charge in [0.2, 0.25) is 0 Å². The van der Waals surface area contributed by atoms with Crippen molar-refractivity contribution in [1.29, 1.82) is 0 Å². The normalized spacial score (nSPS) is 22.3. The monoisotopic (exact) mass is 266 g/mol. The van der Waals surface area contributed by atoms with Crippen molar-refractivity contribution in [2.24, 2.45) is 0 Å². The number of hydrogen-bond acceptors (Lipinski definition) is 4. The minimum Gasteiger partial charge on any atom is -0.488 e. The molecule has 1 aromatic carbocycles. The highest BCUT2D eigenvalue weighted by Gasteiger charge is 2.32. The minimum atomic E-state index is -0.482. The molecule has 0 spiro atoms. The summed E-state index contributed by atoms with van der Waals surface area (Å²) in [4.78, 5) is 0. The standard InChI is InChI=1S/C15H22O4/c1-10(9-17-4)18-11-5-6-12-13(16)8-15(2,3)19-14(12)7-11/h5-7,10,13,16H,8-9H2,1-4H3. The Morgan fingerprint density at radius 1 is 1.47 bits per heavy atom. The lowest BCUT2D eigenvalue weighted by atomic mass is 9.92. The van der Waals surface area contributed by atoms with Crippen molar-refractivity contribution >= 4 is 0 Å². The zero-order chi connectivity index (χ0) is 14.0. The van der Waals surface area contributed by atoms with Gasteiger partial charge in [-0.05, 0) is 32.9 Å². The number of fused-ring (bicyclic) bond motifs is 1. The zero-order valence-electron chi connectivity index (χ0n) is 12.0. The van der Waals surface area contributed by atoms with Crippen molar-refractivity contribution in [2.75, 3.05) is 13.7 Å². The second kappa shape index (κ2) is 5.39. The summed E-state index contributed by atoms with van der Waals surface area (Å²) in [5.74, 6) is 1.43. The molecule has 106 valence electrons. The van der Waals surface area contributed by atoms with Gasteiger partial charge < -0.3 is 19.3 Å². The Morgan fingerprint density at radius 3 is 2.89 bits per heavy atom. The lowest BCUT2D eigenvalue weighted by molar-refractivity contribution is 0.0110. The average molecular weight is 266 g/mol. The van der Waals surface area contributed by atoms with Crippen molar-refractivity contribution in [3.8, 4) is 11.5 Å². The first kappa shape index (κ1) is 14.2. The van der Waals surface area contributed by atoms with Crippen LogP contribution in [0.25, 0.3) is 0 Å². The molecule has 0 aromatic heterocycles. The Bertz CT molecular complexity index is 442. The summed E-state index contributed by atoms with van der Waals surface area (Å²) in [7, 11) is 1.65. The Hall–Kier alpha value is -1.26. The molecule has 0 saturated heterocycles. The predicted molar refractivity (Wildman–Crippen MR) is 72.7 cm³/mol. The average Bonchev–Trinajstić information content (AvgIpc) is 2.26. The van der Waals surface area contributed by atoms with E-state index in [0.29, 0.717) is 18.8 Å². The van der Waals surface area contributed by atoms with Crippen LogP contribution in [0.1, 0.15) is 38.9 Å². The van der Waals surface area contributed by atoms with Crippen molar-refractivity contribution in [1.82, 2.24) is 0 Å². The molecular weight excluding hydrogens is 244 g/mol. The van der Waals surface area contributed by atoms with Gasteiger partial charge in [0.25, 0.3) is 0 Å². The Morgan fingerprint density at radius 2 is 2.21 bits per heavy atom. The molecule has 2 unspecified atom stereocenters. The van der Waals surface area contributed by atoms with Crippen LogP contribution in [0.4, 0.5) is 0 Å². The van der Waals surface area contributed by atoms with Crippen molar-refractivity contribution in [3.63, 3.8) is 0 Å². The molecule has 0 bridgehead atoms. The number of ether oxygens (including phenoxy) is 3. The Labute approximate surface area is 114 Å². The van der Waals surface area contributed by atoms with E-state index in [1.54, 1.807) is 7.11 Å². The SMILES string of the molecule is COCC(C)Oc1ccc2c(c1)OC(C)(C)CC2O. The van der Waals surface area contributed by atoms with E-state index in [1.165, 1.54) is 0 Å². The fourth-order valence-electron chi connectivity index (χ4n) is 2.37. The van der Waals surface area contributed by atoms with E-state index < -0.39 is 6.10 Å². The van der Waals surface area contributed by atoms with Crippen LogP contribution < -0.4 is 9.47 Å². The lowest BCUT2D eigenvalue weighted by Crippen LogP contribution is -2.34. The molecule has 19 heavy (non-hydrogen) atoms. The molecule has 0 amide bonds.